The maximum atomic E-state index is 13.9. The van der Waals surface area contributed by atoms with Crippen molar-refractivity contribution in [1.29, 1.82) is 0 Å². The van der Waals surface area contributed by atoms with Crippen LogP contribution in [0.15, 0.2) is 46.9 Å². The van der Waals surface area contributed by atoms with Gasteiger partial charge < -0.3 is 4.90 Å². The van der Waals surface area contributed by atoms with Gasteiger partial charge in [-0.3, -0.25) is 9.69 Å². The van der Waals surface area contributed by atoms with Crippen LogP contribution in [0.25, 0.3) is 0 Å². The number of hydrogen-bond donors (Lipinski definition) is 0. The Hall–Kier alpha value is -1.79. The summed E-state index contributed by atoms with van der Waals surface area (Å²) in [4.78, 5) is 15.8. The number of rotatable bonds is 7. The van der Waals surface area contributed by atoms with Gasteiger partial charge in [-0.2, -0.15) is 0 Å². The SMILES string of the molecule is CCN(CC(=O)N(C)Cc1ccccc1F)Cc1cc(Br)ccc1F. The van der Waals surface area contributed by atoms with Gasteiger partial charge in [0.25, 0.3) is 0 Å². The Balaban J connectivity index is 1.99. The van der Waals surface area contributed by atoms with Crippen LogP contribution < -0.4 is 0 Å². The Labute approximate surface area is 155 Å². The number of amides is 1. The average molecular weight is 411 g/mol. The van der Waals surface area contributed by atoms with Gasteiger partial charge in [-0.15, -0.1) is 0 Å². The minimum absolute atomic E-state index is 0.138. The maximum Gasteiger partial charge on any atom is 0.236 e. The fourth-order valence-corrected chi connectivity index (χ4v) is 2.88. The molecule has 0 aliphatic carbocycles. The van der Waals surface area contributed by atoms with Gasteiger partial charge in [0.1, 0.15) is 11.6 Å². The first-order valence-corrected chi connectivity index (χ1v) is 8.83. The molecule has 6 heteroatoms. The summed E-state index contributed by atoms with van der Waals surface area (Å²) in [5.74, 6) is -0.764. The lowest BCUT2D eigenvalue weighted by Crippen LogP contribution is -2.38. The highest BCUT2D eigenvalue weighted by molar-refractivity contribution is 9.10. The highest BCUT2D eigenvalue weighted by atomic mass is 79.9. The molecule has 0 saturated carbocycles. The molecule has 0 atom stereocenters. The molecule has 0 aliphatic heterocycles. The van der Waals surface area contributed by atoms with Gasteiger partial charge in [0.15, 0.2) is 0 Å². The molecule has 25 heavy (non-hydrogen) atoms. The standard InChI is InChI=1S/C19H21BrF2N2O/c1-3-24(12-15-10-16(20)8-9-18(15)22)13-19(25)23(2)11-14-6-4-5-7-17(14)21/h4-10H,3,11-13H2,1-2H3. The summed E-state index contributed by atoms with van der Waals surface area (Å²) in [6, 6.07) is 11.2. The summed E-state index contributed by atoms with van der Waals surface area (Å²) in [5, 5.41) is 0. The van der Waals surface area contributed by atoms with E-state index in [0.717, 1.165) is 4.47 Å². The van der Waals surface area contributed by atoms with Gasteiger partial charge >= 0.3 is 0 Å². The van der Waals surface area contributed by atoms with Crippen molar-refractivity contribution in [3.8, 4) is 0 Å². The zero-order chi connectivity index (χ0) is 18.4. The summed E-state index contributed by atoms with van der Waals surface area (Å²) in [7, 11) is 1.64. The number of hydrogen-bond acceptors (Lipinski definition) is 2. The summed E-state index contributed by atoms with van der Waals surface area (Å²) in [6.07, 6.45) is 0. The molecule has 0 aromatic heterocycles. The van der Waals surface area contributed by atoms with E-state index in [1.807, 2.05) is 11.8 Å². The lowest BCUT2D eigenvalue weighted by molar-refractivity contribution is -0.131. The first kappa shape index (κ1) is 19.5. The largest absolute Gasteiger partial charge is 0.340 e. The maximum absolute atomic E-state index is 13.9. The van der Waals surface area contributed by atoms with Crippen LogP contribution in [0.2, 0.25) is 0 Å². The Morgan fingerprint density at radius 1 is 1.04 bits per heavy atom. The van der Waals surface area contributed by atoms with Gasteiger partial charge in [0, 0.05) is 35.7 Å². The third-order valence-electron chi connectivity index (χ3n) is 4.00. The molecular weight excluding hydrogens is 390 g/mol. The predicted octanol–water partition coefficient (Wildman–Crippen LogP) is 4.21. The monoisotopic (exact) mass is 410 g/mol. The summed E-state index contributed by atoms with van der Waals surface area (Å²) >= 11 is 3.33. The Morgan fingerprint density at radius 3 is 2.40 bits per heavy atom. The lowest BCUT2D eigenvalue weighted by atomic mass is 10.2. The van der Waals surface area contributed by atoms with E-state index in [-0.39, 0.29) is 30.6 Å². The highest BCUT2D eigenvalue weighted by Crippen LogP contribution is 2.17. The van der Waals surface area contributed by atoms with Gasteiger partial charge in [0.2, 0.25) is 5.91 Å². The number of carbonyl (C=O) groups excluding carboxylic acids is 1. The summed E-state index contributed by atoms with van der Waals surface area (Å²) in [5.41, 5.74) is 1.00. The first-order valence-electron chi connectivity index (χ1n) is 8.04. The molecule has 2 rings (SSSR count). The van der Waals surface area contributed by atoms with Crippen LogP contribution in [-0.4, -0.2) is 35.8 Å². The van der Waals surface area contributed by atoms with Crippen molar-refractivity contribution in [1.82, 2.24) is 9.80 Å². The molecule has 0 aliphatic rings. The minimum atomic E-state index is -0.328. The van der Waals surface area contributed by atoms with Crippen molar-refractivity contribution in [2.45, 2.75) is 20.0 Å². The highest BCUT2D eigenvalue weighted by Gasteiger charge is 2.16. The third kappa shape index (κ3) is 5.61. The smallest absolute Gasteiger partial charge is 0.236 e. The van der Waals surface area contributed by atoms with Crippen LogP contribution in [-0.2, 0) is 17.9 Å². The zero-order valence-electron chi connectivity index (χ0n) is 14.3. The Kier molecular flexibility index (Phi) is 7.08. The van der Waals surface area contributed by atoms with Crippen LogP contribution in [0.1, 0.15) is 18.1 Å². The molecule has 0 heterocycles. The van der Waals surface area contributed by atoms with E-state index in [9.17, 15) is 13.6 Å². The van der Waals surface area contributed by atoms with E-state index < -0.39 is 0 Å². The molecule has 1 amide bonds. The molecular formula is C19H21BrF2N2O. The summed E-state index contributed by atoms with van der Waals surface area (Å²) in [6.45, 7) is 3.20. The Morgan fingerprint density at radius 2 is 1.72 bits per heavy atom. The van der Waals surface area contributed by atoms with Crippen LogP contribution >= 0.6 is 15.9 Å². The van der Waals surface area contributed by atoms with Crippen molar-refractivity contribution in [2.24, 2.45) is 0 Å². The predicted molar refractivity (Wildman–Crippen MR) is 97.9 cm³/mol. The minimum Gasteiger partial charge on any atom is -0.340 e. The molecule has 0 unspecified atom stereocenters. The zero-order valence-corrected chi connectivity index (χ0v) is 15.9. The van der Waals surface area contributed by atoms with Crippen molar-refractivity contribution in [3.63, 3.8) is 0 Å². The second kappa shape index (κ2) is 9.06. The third-order valence-corrected chi connectivity index (χ3v) is 4.49. The summed E-state index contributed by atoms with van der Waals surface area (Å²) < 4.78 is 28.4. The van der Waals surface area contributed by atoms with E-state index in [2.05, 4.69) is 15.9 Å². The van der Waals surface area contributed by atoms with E-state index in [1.165, 1.54) is 17.0 Å². The molecule has 0 N–H and O–H groups in total. The first-order chi connectivity index (χ1) is 11.9. The molecule has 2 aromatic rings. The number of halogens is 3. The van der Waals surface area contributed by atoms with Gasteiger partial charge in [-0.25, -0.2) is 8.78 Å². The second-order valence-electron chi connectivity index (χ2n) is 5.88. The van der Waals surface area contributed by atoms with Crippen LogP contribution in [0.3, 0.4) is 0 Å². The van der Waals surface area contributed by atoms with Crippen molar-refractivity contribution >= 4 is 21.8 Å². The van der Waals surface area contributed by atoms with Gasteiger partial charge in [-0.1, -0.05) is 41.1 Å². The fraction of sp³-hybridized carbons (Fsp3) is 0.316. The fourth-order valence-electron chi connectivity index (χ4n) is 2.47. The van der Waals surface area contributed by atoms with E-state index in [1.54, 1.807) is 37.4 Å². The number of nitrogens with zero attached hydrogens (tertiary/aromatic N) is 2. The van der Waals surface area contributed by atoms with Crippen LogP contribution in [0.4, 0.5) is 8.78 Å². The molecule has 0 fully saturated rings. The van der Waals surface area contributed by atoms with E-state index in [0.29, 0.717) is 24.2 Å². The molecule has 3 nitrogen and oxygen atoms in total. The van der Waals surface area contributed by atoms with Crippen LogP contribution in [0.5, 0.6) is 0 Å². The van der Waals surface area contributed by atoms with Crippen molar-refractivity contribution < 1.29 is 13.6 Å². The average Bonchev–Trinajstić information content (AvgIpc) is 2.59. The Bertz CT molecular complexity index is 739. The number of carbonyl (C=O) groups is 1. The molecule has 0 spiro atoms. The second-order valence-corrected chi connectivity index (χ2v) is 6.80. The van der Waals surface area contributed by atoms with Crippen molar-refractivity contribution in [2.75, 3.05) is 20.1 Å². The number of benzene rings is 2. The topological polar surface area (TPSA) is 23.6 Å². The molecule has 0 radical (unpaired) electrons. The van der Waals surface area contributed by atoms with Crippen LogP contribution in [0, 0.1) is 11.6 Å². The van der Waals surface area contributed by atoms with Gasteiger partial charge in [0.05, 0.1) is 6.54 Å². The van der Waals surface area contributed by atoms with Crippen molar-refractivity contribution in [3.05, 3.63) is 69.7 Å². The molecule has 0 bridgehead atoms. The molecule has 0 saturated heterocycles. The lowest BCUT2D eigenvalue weighted by Gasteiger charge is -2.24. The van der Waals surface area contributed by atoms with Gasteiger partial charge in [-0.05, 0) is 30.8 Å². The normalized spacial score (nSPS) is 11.0. The number of likely N-dealkylation sites (N-methyl/N-ethyl adjacent to an activating group) is 2. The quantitative estimate of drug-likeness (QED) is 0.682. The van der Waals surface area contributed by atoms with E-state index in [4.69, 9.17) is 0 Å². The molecule has 134 valence electrons. The molecule has 2 aromatic carbocycles. The van der Waals surface area contributed by atoms with E-state index >= 15 is 0 Å².